The molecule has 0 atom stereocenters. The van der Waals surface area contributed by atoms with Crippen LogP contribution >= 0.6 is 0 Å². The van der Waals surface area contributed by atoms with Gasteiger partial charge < -0.3 is 0 Å². The monoisotopic (exact) mass is 113 g/mol. The molecule has 0 N–H and O–H groups in total. The largest absolute Gasteiger partial charge is 0.145 e. The van der Waals surface area contributed by atoms with Gasteiger partial charge in [-0.05, 0) is 18.0 Å². The summed E-state index contributed by atoms with van der Waals surface area (Å²) in [5.74, 6) is 0. The van der Waals surface area contributed by atoms with Gasteiger partial charge >= 0.3 is 0 Å². The van der Waals surface area contributed by atoms with Crippen LogP contribution in [0.2, 0.25) is 0 Å². The highest BCUT2D eigenvalue weighted by molar-refractivity contribution is 4.89. The first-order valence-corrected chi connectivity index (χ1v) is 2.82. The van der Waals surface area contributed by atoms with Crippen LogP contribution in [0.25, 0.3) is 0 Å². The van der Waals surface area contributed by atoms with Crippen LogP contribution in [0, 0.1) is 4.91 Å². The molecular weight excluding hydrogens is 102 g/mol. The average Bonchev–Trinajstić information content (AvgIpc) is 1.83. The second kappa shape index (κ2) is 4.50. The van der Waals surface area contributed by atoms with E-state index in [4.69, 9.17) is 0 Å². The van der Waals surface area contributed by atoms with Gasteiger partial charge in [-0.15, -0.1) is 4.91 Å². The fraction of sp³-hybridized carbons (Fsp3) is 0.667. The standard InChI is InChI=1S/C6H11NO/c1-3-4-5-6(2)7-8/h2-5H2,1H3. The summed E-state index contributed by atoms with van der Waals surface area (Å²) >= 11 is 0. The number of nitroso groups, excluding NO2 is 1. The Hall–Kier alpha value is -0.660. The van der Waals surface area contributed by atoms with E-state index in [-0.39, 0.29) is 0 Å². The number of rotatable bonds is 4. The Bertz CT molecular complexity index is 88.5. The summed E-state index contributed by atoms with van der Waals surface area (Å²) in [6.45, 7) is 5.50. The van der Waals surface area contributed by atoms with E-state index in [1.165, 1.54) is 0 Å². The van der Waals surface area contributed by atoms with Crippen LogP contribution in [-0.4, -0.2) is 0 Å². The van der Waals surface area contributed by atoms with Crippen molar-refractivity contribution in [2.75, 3.05) is 0 Å². The van der Waals surface area contributed by atoms with E-state index < -0.39 is 0 Å². The van der Waals surface area contributed by atoms with Crippen molar-refractivity contribution in [3.05, 3.63) is 17.2 Å². The molecule has 0 saturated carbocycles. The molecule has 0 aliphatic carbocycles. The Balaban J connectivity index is 3.11. The van der Waals surface area contributed by atoms with Crippen molar-refractivity contribution in [2.24, 2.45) is 5.18 Å². The first-order valence-electron chi connectivity index (χ1n) is 2.82. The Kier molecular flexibility index (Phi) is 4.13. The highest BCUT2D eigenvalue weighted by atomic mass is 16.3. The molecule has 46 valence electrons. The molecule has 0 amide bonds. The average molecular weight is 113 g/mol. The van der Waals surface area contributed by atoms with Crippen molar-refractivity contribution in [2.45, 2.75) is 26.2 Å². The quantitative estimate of drug-likeness (QED) is 0.515. The van der Waals surface area contributed by atoms with Crippen LogP contribution < -0.4 is 0 Å². The van der Waals surface area contributed by atoms with Crippen LogP contribution in [0.4, 0.5) is 0 Å². The van der Waals surface area contributed by atoms with E-state index in [0.717, 1.165) is 19.3 Å². The molecule has 0 aliphatic rings. The maximum atomic E-state index is 9.66. The van der Waals surface area contributed by atoms with Gasteiger partial charge in [0.25, 0.3) is 0 Å². The first-order chi connectivity index (χ1) is 3.81. The number of hydrogen-bond acceptors (Lipinski definition) is 2. The van der Waals surface area contributed by atoms with Gasteiger partial charge in [0.2, 0.25) is 0 Å². The van der Waals surface area contributed by atoms with E-state index in [1.54, 1.807) is 0 Å². The third-order valence-electron chi connectivity index (χ3n) is 0.948. The molecule has 0 aromatic heterocycles. The lowest BCUT2D eigenvalue weighted by atomic mass is 10.2. The van der Waals surface area contributed by atoms with Crippen molar-refractivity contribution >= 4 is 0 Å². The normalized spacial score (nSPS) is 8.62. The maximum absolute atomic E-state index is 9.66. The van der Waals surface area contributed by atoms with Crippen molar-refractivity contribution in [3.8, 4) is 0 Å². The van der Waals surface area contributed by atoms with E-state index in [1.807, 2.05) is 0 Å². The molecule has 8 heavy (non-hydrogen) atoms. The van der Waals surface area contributed by atoms with E-state index >= 15 is 0 Å². The van der Waals surface area contributed by atoms with Crippen LogP contribution in [0.3, 0.4) is 0 Å². The highest BCUT2D eigenvalue weighted by Gasteiger charge is 1.88. The van der Waals surface area contributed by atoms with Gasteiger partial charge in [-0.25, -0.2) is 0 Å². The zero-order chi connectivity index (χ0) is 6.41. The Morgan fingerprint density at radius 3 is 2.75 bits per heavy atom. The van der Waals surface area contributed by atoms with Gasteiger partial charge in [-0.3, -0.25) is 0 Å². The number of nitrogens with zero attached hydrogens (tertiary/aromatic N) is 1. The summed E-state index contributed by atoms with van der Waals surface area (Å²) in [4.78, 5) is 9.66. The van der Waals surface area contributed by atoms with Crippen LogP contribution in [0.1, 0.15) is 26.2 Å². The van der Waals surface area contributed by atoms with Crippen LogP contribution in [0.15, 0.2) is 17.5 Å². The van der Waals surface area contributed by atoms with Crippen molar-refractivity contribution < 1.29 is 0 Å². The lowest BCUT2D eigenvalue weighted by molar-refractivity contribution is 0.782. The Morgan fingerprint density at radius 1 is 1.75 bits per heavy atom. The van der Waals surface area contributed by atoms with E-state index in [9.17, 15) is 4.91 Å². The van der Waals surface area contributed by atoms with Crippen LogP contribution in [0.5, 0.6) is 0 Å². The SMILES string of the molecule is C=C(CCCC)N=O. The number of hydrogen-bond donors (Lipinski definition) is 0. The molecule has 0 spiro atoms. The van der Waals surface area contributed by atoms with Gasteiger partial charge in [0.15, 0.2) is 0 Å². The summed E-state index contributed by atoms with van der Waals surface area (Å²) in [7, 11) is 0. The summed E-state index contributed by atoms with van der Waals surface area (Å²) in [5.41, 5.74) is 0.465. The van der Waals surface area contributed by atoms with Gasteiger partial charge in [0.1, 0.15) is 0 Å². The molecular formula is C6H11NO. The molecule has 2 nitrogen and oxygen atoms in total. The summed E-state index contributed by atoms with van der Waals surface area (Å²) in [6, 6.07) is 0. The van der Waals surface area contributed by atoms with Gasteiger partial charge in [0.05, 0.1) is 5.70 Å². The minimum Gasteiger partial charge on any atom is -0.145 e. The van der Waals surface area contributed by atoms with E-state index in [2.05, 4.69) is 18.7 Å². The topological polar surface area (TPSA) is 29.4 Å². The fourth-order valence-electron chi connectivity index (χ4n) is 0.426. The highest BCUT2D eigenvalue weighted by Crippen LogP contribution is 2.03. The number of unbranched alkanes of at least 4 members (excludes halogenated alkanes) is 1. The molecule has 0 radical (unpaired) electrons. The Labute approximate surface area is 49.6 Å². The Morgan fingerprint density at radius 2 is 2.38 bits per heavy atom. The summed E-state index contributed by atoms with van der Waals surface area (Å²) < 4.78 is 0. The molecule has 0 bridgehead atoms. The molecule has 0 aromatic carbocycles. The lowest BCUT2D eigenvalue weighted by Gasteiger charge is -1.89. The predicted molar refractivity (Wildman–Crippen MR) is 34.5 cm³/mol. The minimum atomic E-state index is 0.465. The third kappa shape index (κ3) is 3.53. The number of allylic oxidation sites excluding steroid dienone is 1. The molecule has 0 fully saturated rings. The minimum absolute atomic E-state index is 0.465. The molecule has 0 saturated heterocycles. The van der Waals surface area contributed by atoms with E-state index in [0.29, 0.717) is 5.70 Å². The van der Waals surface area contributed by atoms with Gasteiger partial charge in [0, 0.05) is 0 Å². The van der Waals surface area contributed by atoms with Gasteiger partial charge in [-0.2, -0.15) is 0 Å². The summed E-state index contributed by atoms with van der Waals surface area (Å²) in [5, 5.41) is 2.68. The smallest absolute Gasteiger partial charge is 0.0777 e. The maximum Gasteiger partial charge on any atom is 0.0777 e. The molecule has 0 aromatic rings. The molecule has 2 heteroatoms. The zero-order valence-electron chi connectivity index (χ0n) is 5.18. The molecule has 0 rings (SSSR count). The van der Waals surface area contributed by atoms with Crippen molar-refractivity contribution in [1.82, 2.24) is 0 Å². The van der Waals surface area contributed by atoms with Crippen LogP contribution in [-0.2, 0) is 0 Å². The molecule has 0 aliphatic heterocycles. The predicted octanol–water partition coefficient (Wildman–Crippen LogP) is 2.46. The van der Waals surface area contributed by atoms with Crippen molar-refractivity contribution in [1.29, 1.82) is 0 Å². The zero-order valence-corrected chi connectivity index (χ0v) is 5.18. The summed E-state index contributed by atoms with van der Waals surface area (Å²) in [6.07, 6.45) is 2.86. The first kappa shape index (κ1) is 7.34. The lowest BCUT2D eigenvalue weighted by Crippen LogP contribution is -1.73. The second-order valence-corrected chi connectivity index (χ2v) is 1.76. The molecule has 0 unspecified atom stereocenters. The molecule has 0 heterocycles. The third-order valence-corrected chi connectivity index (χ3v) is 0.948. The van der Waals surface area contributed by atoms with Gasteiger partial charge in [-0.1, -0.05) is 19.9 Å². The second-order valence-electron chi connectivity index (χ2n) is 1.76. The fourth-order valence-corrected chi connectivity index (χ4v) is 0.426. The van der Waals surface area contributed by atoms with Crippen molar-refractivity contribution in [3.63, 3.8) is 0 Å².